The summed E-state index contributed by atoms with van der Waals surface area (Å²) in [5, 5.41) is 8.53. The van der Waals surface area contributed by atoms with E-state index in [9.17, 15) is 4.39 Å². The second kappa shape index (κ2) is 8.12. The Bertz CT molecular complexity index is 1170. The highest BCUT2D eigenvalue weighted by Crippen LogP contribution is 2.29. The number of hydrogen-bond acceptors (Lipinski definition) is 4. The molecular weight excluding hydrogens is 389 g/mol. The molecular formula is C25H26FN5. The fourth-order valence-electron chi connectivity index (χ4n) is 4.23. The average molecular weight is 416 g/mol. The minimum atomic E-state index is -0.253. The molecule has 6 heteroatoms. The lowest BCUT2D eigenvalue weighted by atomic mass is 10.1. The first kappa shape index (κ1) is 19.7. The fourth-order valence-corrected chi connectivity index (χ4v) is 4.23. The van der Waals surface area contributed by atoms with Crippen molar-refractivity contribution in [2.75, 3.05) is 31.1 Å². The quantitative estimate of drug-likeness (QED) is 0.512. The second-order valence-electron chi connectivity index (χ2n) is 8.34. The molecule has 0 aliphatic carbocycles. The van der Waals surface area contributed by atoms with Crippen molar-refractivity contribution in [1.29, 1.82) is 0 Å². The van der Waals surface area contributed by atoms with Crippen LogP contribution in [0, 0.1) is 5.82 Å². The van der Waals surface area contributed by atoms with E-state index in [2.05, 4.69) is 63.1 Å². The maximum absolute atomic E-state index is 13.2. The molecule has 31 heavy (non-hydrogen) atoms. The third-order valence-corrected chi connectivity index (χ3v) is 6.12. The molecule has 3 heterocycles. The van der Waals surface area contributed by atoms with E-state index in [1.165, 1.54) is 17.8 Å². The van der Waals surface area contributed by atoms with Gasteiger partial charge in [-0.3, -0.25) is 10.00 Å². The topological polar surface area (TPSA) is 48.0 Å². The molecule has 1 aliphatic heterocycles. The number of hydrogen-bond donors (Lipinski definition) is 1. The molecule has 0 spiro atoms. The van der Waals surface area contributed by atoms with Gasteiger partial charge in [0.15, 0.2) is 5.65 Å². The normalized spacial score (nSPS) is 15.2. The van der Waals surface area contributed by atoms with E-state index in [4.69, 9.17) is 0 Å². The number of halogens is 1. The Balaban J connectivity index is 1.36. The number of nitrogens with zero attached hydrogens (tertiary/aromatic N) is 4. The van der Waals surface area contributed by atoms with Crippen LogP contribution in [0.4, 0.5) is 10.1 Å². The number of piperazine rings is 1. The first-order valence-corrected chi connectivity index (χ1v) is 10.8. The van der Waals surface area contributed by atoms with Crippen LogP contribution in [-0.2, 0) is 0 Å². The number of nitrogens with one attached hydrogen (secondary N) is 1. The number of H-pyrrole nitrogens is 1. The molecule has 5 nitrogen and oxygen atoms in total. The van der Waals surface area contributed by atoms with Crippen molar-refractivity contribution >= 4 is 16.7 Å². The second-order valence-corrected chi connectivity index (χ2v) is 8.34. The lowest BCUT2D eigenvalue weighted by Crippen LogP contribution is -2.48. The molecule has 158 valence electrons. The van der Waals surface area contributed by atoms with E-state index in [0.29, 0.717) is 11.7 Å². The van der Waals surface area contributed by atoms with Gasteiger partial charge in [-0.05, 0) is 62.4 Å². The fraction of sp³-hybridized carbons (Fsp3) is 0.280. The number of anilines is 1. The van der Waals surface area contributed by atoms with Crippen LogP contribution in [0.25, 0.3) is 33.5 Å². The molecule has 0 amide bonds. The van der Waals surface area contributed by atoms with Crippen LogP contribution in [0.15, 0.2) is 60.7 Å². The van der Waals surface area contributed by atoms with Crippen LogP contribution >= 0.6 is 0 Å². The van der Waals surface area contributed by atoms with E-state index in [0.717, 1.165) is 54.1 Å². The van der Waals surface area contributed by atoms with Crippen LogP contribution in [0.2, 0.25) is 0 Å². The van der Waals surface area contributed by atoms with E-state index in [-0.39, 0.29) is 5.82 Å². The smallest absolute Gasteiger partial charge is 0.182 e. The average Bonchev–Trinajstić information content (AvgIpc) is 3.23. The molecule has 2 aromatic heterocycles. The summed E-state index contributed by atoms with van der Waals surface area (Å²) < 4.78 is 13.2. The van der Waals surface area contributed by atoms with Gasteiger partial charge in [-0.15, -0.1) is 0 Å². The minimum absolute atomic E-state index is 0.253. The van der Waals surface area contributed by atoms with Gasteiger partial charge in [0.25, 0.3) is 0 Å². The summed E-state index contributed by atoms with van der Waals surface area (Å²) in [6.45, 7) is 8.84. The summed E-state index contributed by atoms with van der Waals surface area (Å²) in [5.41, 5.74) is 5.61. The van der Waals surface area contributed by atoms with Crippen LogP contribution in [-0.4, -0.2) is 52.3 Å². The Hall–Kier alpha value is -3.25. The van der Waals surface area contributed by atoms with E-state index in [1.54, 1.807) is 12.1 Å². The Morgan fingerprint density at radius 1 is 0.839 bits per heavy atom. The maximum atomic E-state index is 13.2. The van der Waals surface area contributed by atoms with Crippen molar-refractivity contribution in [3.63, 3.8) is 0 Å². The molecule has 5 rings (SSSR count). The monoisotopic (exact) mass is 415 g/mol. The zero-order valence-electron chi connectivity index (χ0n) is 17.8. The summed E-state index contributed by atoms with van der Waals surface area (Å²) in [6.07, 6.45) is 0. The van der Waals surface area contributed by atoms with E-state index >= 15 is 0 Å². The zero-order valence-corrected chi connectivity index (χ0v) is 17.8. The van der Waals surface area contributed by atoms with Gasteiger partial charge in [0.05, 0.1) is 11.4 Å². The third-order valence-electron chi connectivity index (χ3n) is 6.12. The van der Waals surface area contributed by atoms with Crippen LogP contribution < -0.4 is 4.90 Å². The molecule has 1 aliphatic rings. The summed E-state index contributed by atoms with van der Waals surface area (Å²) in [7, 11) is 0. The minimum Gasteiger partial charge on any atom is -0.369 e. The zero-order chi connectivity index (χ0) is 21.4. The Morgan fingerprint density at radius 3 is 2.19 bits per heavy atom. The number of rotatable bonds is 4. The van der Waals surface area contributed by atoms with Gasteiger partial charge < -0.3 is 4.90 Å². The third kappa shape index (κ3) is 3.91. The molecule has 0 atom stereocenters. The Labute approximate surface area is 181 Å². The molecule has 0 saturated carbocycles. The molecule has 0 bridgehead atoms. The van der Waals surface area contributed by atoms with Crippen molar-refractivity contribution in [2.45, 2.75) is 19.9 Å². The summed E-state index contributed by atoms with van der Waals surface area (Å²) >= 11 is 0. The van der Waals surface area contributed by atoms with Crippen molar-refractivity contribution in [3.05, 3.63) is 66.5 Å². The van der Waals surface area contributed by atoms with Gasteiger partial charge in [0.2, 0.25) is 0 Å². The highest BCUT2D eigenvalue weighted by atomic mass is 19.1. The highest BCUT2D eigenvalue weighted by molar-refractivity contribution is 5.92. The van der Waals surface area contributed by atoms with E-state index in [1.807, 2.05) is 12.1 Å². The Kier molecular flexibility index (Phi) is 5.16. The van der Waals surface area contributed by atoms with Gasteiger partial charge in [0.1, 0.15) is 5.82 Å². The number of aromatic amines is 1. The molecule has 1 fully saturated rings. The molecule has 4 aromatic rings. The van der Waals surface area contributed by atoms with Gasteiger partial charge in [0, 0.05) is 54.4 Å². The van der Waals surface area contributed by atoms with Crippen molar-refractivity contribution in [3.8, 4) is 22.5 Å². The number of aromatic nitrogens is 3. The molecule has 1 saturated heterocycles. The first-order chi connectivity index (χ1) is 15.1. The van der Waals surface area contributed by atoms with Crippen LogP contribution in [0.3, 0.4) is 0 Å². The van der Waals surface area contributed by atoms with Crippen LogP contribution in [0.1, 0.15) is 13.8 Å². The Morgan fingerprint density at radius 2 is 1.52 bits per heavy atom. The van der Waals surface area contributed by atoms with Crippen molar-refractivity contribution in [1.82, 2.24) is 20.1 Å². The van der Waals surface area contributed by atoms with Gasteiger partial charge in [-0.2, -0.15) is 5.10 Å². The SMILES string of the molecule is CC(C)N1CCN(c2ccc(-c3[nH]nc4nc(-c5ccc(F)cc5)ccc34)cc2)CC1. The highest BCUT2D eigenvalue weighted by Gasteiger charge is 2.19. The predicted octanol–water partition coefficient (Wildman–Crippen LogP) is 4.96. The van der Waals surface area contributed by atoms with Gasteiger partial charge in [-0.25, -0.2) is 9.37 Å². The standard InChI is InChI=1S/C25H26FN5/c1-17(2)30-13-15-31(16-14-30)21-9-5-19(6-10-21)24-22-11-12-23(27-25(22)29-28-24)18-3-7-20(26)8-4-18/h3-12,17H,13-16H2,1-2H3,(H,27,28,29). The molecule has 2 aromatic carbocycles. The summed E-state index contributed by atoms with van der Waals surface area (Å²) in [5.74, 6) is -0.253. The van der Waals surface area contributed by atoms with Gasteiger partial charge >= 0.3 is 0 Å². The molecule has 1 N–H and O–H groups in total. The van der Waals surface area contributed by atoms with Gasteiger partial charge in [-0.1, -0.05) is 12.1 Å². The largest absolute Gasteiger partial charge is 0.369 e. The van der Waals surface area contributed by atoms with E-state index < -0.39 is 0 Å². The number of pyridine rings is 1. The number of benzene rings is 2. The van der Waals surface area contributed by atoms with Crippen molar-refractivity contribution in [2.24, 2.45) is 0 Å². The summed E-state index contributed by atoms with van der Waals surface area (Å²) in [6, 6.07) is 19.6. The summed E-state index contributed by atoms with van der Waals surface area (Å²) in [4.78, 5) is 9.63. The lowest BCUT2D eigenvalue weighted by Gasteiger charge is -2.38. The first-order valence-electron chi connectivity index (χ1n) is 10.8. The van der Waals surface area contributed by atoms with Crippen molar-refractivity contribution < 1.29 is 4.39 Å². The predicted molar refractivity (Wildman–Crippen MR) is 124 cm³/mol. The van der Waals surface area contributed by atoms with Crippen LogP contribution in [0.5, 0.6) is 0 Å². The molecule has 0 unspecified atom stereocenters. The molecule has 0 radical (unpaired) electrons. The number of fused-ring (bicyclic) bond motifs is 1. The maximum Gasteiger partial charge on any atom is 0.182 e. The lowest BCUT2D eigenvalue weighted by molar-refractivity contribution is 0.209.